The number of furan rings is 1. The molecule has 2 aromatic rings. The number of hydrogen-bond donors (Lipinski definition) is 1. The quantitative estimate of drug-likeness (QED) is 0.857. The topological polar surface area (TPSA) is 25.2 Å². The van der Waals surface area contributed by atoms with Crippen LogP contribution in [-0.2, 0) is 6.42 Å². The number of thiophene rings is 1. The van der Waals surface area contributed by atoms with Crippen molar-refractivity contribution < 1.29 is 4.42 Å². The number of hydrogen-bond acceptors (Lipinski definition) is 3. The first-order chi connectivity index (χ1) is 7.79. The third-order valence-corrected chi connectivity index (χ3v) is 3.36. The van der Waals surface area contributed by atoms with Crippen LogP contribution in [0, 0.1) is 6.92 Å². The summed E-state index contributed by atoms with van der Waals surface area (Å²) in [7, 11) is 0. The zero-order chi connectivity index (χ0) is 11.4. The van der Waals surface area contributed by atoms with E-state index in [1.54, 1.807) is 11.3 Å². The molecule has 0 bridgehead atoms. The summed E-state index contributed by atoms with van der Waals surface area (Å²) in [6.45, 7) is 5.09. The van der Waals surface area contributed by atoms with Crippen LogP contribution in [0.1, 0.15) is 29.9 Å². The van der Waals surface area contributed by atoms with E-state index in [0.717, 1.165) is 18.7 Å². The molecule has 0 fully saturated rings. The van der Waals surface area contributed by atoms with Gasteiger partial charge in [0, 0.05) is 11.6 Å². The predicted molar refractivity (Wildman–Crippen MR) is 67.9 cm³/mol. The molecule has 0 saturated carbocycles. The summed E-state index contributed by atoms with van der Waals surface area (Å²) in [4.78, 5) is 0. The number of nitrogens with one attached hydrogen (secondary N) is 1. The highest BCUT2D eigenvalue weighted by atomic mass is 32.1. The van der Waals surface area contributed by atoms with Gasteiger partial charge in [-0.25, -0.2) is 0 Å². The van der Waals surface area contributed by atoms with Gasteiger partial charge in [-0.15, -0.1) is 0 Å². The van der Waals surface area contributed by atoms with Crippen molar-refractivity contribution in [3.8, 4) is 0 Å². The third kappa shape index (κ3) is 2.74. The van der Waals surface area contributed by atoms with Crippen molar-refractivity contribution >= 4 is 11.3 Å². The lowest BCUT2D eigenvalue weighted by Gasteiger charge is -2.15. The predicted octanol–water partition coefficient (Wildman–Crippen LogP) is 3.54. The monoisotopic (exact) mass is 235 g/mol. The van der Waals surface area contributed by atoms with E-state index in [1.807, 2.05) is 13.2 Å². The summed E-state index contributed by atoms with van der Waals surface area (Å²) in [5, 5.41) is 7.82. The van der Waals surface area contributed by atoms with Gasteiger partial charge in [0.2, 0.25) is 0 Å². The number of rotatable bonds is 5. The molecule has 2 aromatic heterocycles. The van der Waals surface area contributed by atoms with Crippen LogP contribution in [0.15, 0.2) is 33.6 Å². The van der Waals surface area contributed by atoms with Gasteiger partial charge in [-0.2, -0.15) is 11.3 Å². The van der Waals surface area contributed by atoms with Crippen molar-refractivity contribution in [1.29, 1.82) is 0 Å². The molecule has 0 radical (unpaired) electrons. The normalized spacial score (nSPS) is 12.9. The summed E-state index contributed by atoms with van der Waals surface area (Å²) >= 11 is 1.75. The van der Waals surface area contributed by atoms with E-state index >= 15 is 0 Å². The van der Waals surface area contributed by atoms with Crippen LogP contribution < -0.4 is 5.32 Å². The Morgan fingerprint density at radius 2 is 2.38 bits per heavy atom. The minimum Gasteiger partial charge on any atom is -0.469 e. The van der Waals surface area contributed by atoms with Crippen LogP contribution in [0.4, 0.5) is 0 Å². The SMILES string of the molecule is CCNC(Cc1ccsc1)c1coc(C)c1. The van der Waals surface area contributed by atoms with E-state index < -0.39 is 0 Å². The minimum absolute atomic E-state index is 0.358. The average molecular weight is 235 g/mol. The van der Waals surface area contributed by atoms with E-state index in [0.29, 0.717) is 6.04 Å². The molecule has 86 valence electrons. The fraction of sp³-hybridized carbons (Fsp3) is 0.385. The van der Waals surface area contributed by atoms with Crippen molar-refractivity contribution in [3.05, 3.63) is 46.0 Å². The van der Waals surface area contributed by atoms with Crippen molar-refractivity contribution in [2.24, 2.45) is 0 Å². The largest absolute Gasteiger partial charge is 0.469 e. The average Bonchev–Trinajstić information content (AvgIpc) is 2.88. The Kier molecular flexibility index (Phi) is 3.80. The highest BCUT2D eigenvalue weighted by molar-refractivity contribution is 7.07. The van der Waals surface area contributed by atoms with Crippen LogP contribution >= 0.6 is 11.3 Å². The maximum Gasteiger partial charge on any atom is 0.101 e. The fourth-order valence-corrected chi connectivity index (χ4v) is 2.53. The van der Waals surface area contributed by atoms with Crippen LogP contribution in [0.3, 0.4) is 0 Å². The summed E-state index contributed by atoms with van der Waals surface area (Å²) < 4.78 is 5.37. The smallest absolute Gasteiger partial charge is 0.101 e. The lowest BCUT2D eigenvalue weighted by molar-refractivity contribution is 0.511. The van der Waals surface area contributed by atoms with Gasteiger partial charge in [0.15, 0.2) is 0 Å². The number of aryl methyl sites for hydroxylation is 1. The highest BCUT2D eigenvalue weighted by Gasteiger charge is 2.13. The van der Waals surface area contributed by atoms with Gasteiger partial charge >= 0.3 is 0 Å². The van der Waals surface area contributed by atoms with Gasteiger partial charge in [0.05, 0.1) is 6.26 Å². The molecule has 0 aliphatic carbocycles. The van der Waals surface area contributed by atoms with Crippen LogP contribution in [0.25, 0.3) is 0 Å². The zero-order valence-electron chi connectivity index (χ0n) is 9.69. The molecule has 16 heavy (non-hydrogen) atoms. The van der Waals surface area contributed by atoms with Crippen LogP contribution in [0.2, 0.25) is 0 Å². The molecular weight excluding hydrogens is 218 g/mol. The van der Waals surface area contributed by atoms with Crippen molar-refractivity contribution in [1.82, 2.24) is 5.32 Å². The standard InChI is InChI=1S/C13H17NOS/c1-3-14-13(7-11-4-5-16-9-11)12-6-10(2)15-8-12/h4-6,8-9,13-14H,3,7H2,1-2H3. The maximum atomic E-state index is 5.37. The summed E-state index contributed by atoms with van der Waals surface area (Å²) in [5.74, 6) is 0.975. The molecular formula is C13H17NOS. The second kappa shape index (κ2) is 5.32. The molecule has 0 saturated heterocycles. The van der Waals surface area contributed by atoms with Gasteiger partial charge in [-0.3, -0.25) is 0 Å². The summed E-state index contributed by atoms with van der Waals surface area (Å²) in [5.41, 5.74) is 2.63. The Hall–Kier alpha value is -1.06. The molecule has 0 aromatic carbocycles. The highest BCUT2D eigenvalue weighted by Crippen LogP contribution is 2.21. The Balaban J connectivity index is 2.11. The van der Waals surface area contributed by atoms with E-state index in [1.165, 1.54) is 11.1 Å². The van der Waals surface area contributed by atoms with E-state index in [-0.39, 0.29) is 0 Å². The van der Waals surface area contributed by atoms with E-state index in [2.05, 4.69) is 35.1 Å². The van der Waals surface area contributed by atoms with Crippen molar-refractivity contribution in [3.63, 3.8) is 0 Å². The second-order valence-corrected chi connectivity index (χ2v) is 4.72. The lowest BCUT2D eigenvalue weighted by atomic mass is 10.0. The molecule has 2 nitrogen and oxygen atoms in total. The Morgan fingerprint density at radius 1 is 1.50 bits per heavy atom. The Bertz CT molecular complexity index is 419. The van der Waals surface area contributed by atoms with Crippen molar-refractivity contribution in [2.45, 2.75) is 26.3 Å². The first kappa shape index (κ1) is 11.4. The van der Waals surface area contributed by atoms with Gasteiger partial charge < -0.3 is 9.73 Å². The van der Waals surface area contributed by atoms with E-state index in [4.69, 9.17) is 4.42 Å². The summed E-state index contributed by atoms with van der Waals surface area (Å²) in [6, 6.07) is 4.65. The first-order valence-electron chi connectivity index (χ1n) is 5.59. The molecule has 2 rings (SSSR count). The van der Waals surface area contributed by atoms with Crippen LogP contribution in [-0.4, -0.2) is 6.54 Å². The number of likely N-dealkylation sites (N-methyl/N-ethyl adjacent to an activating group) is 1. The van der Waals surface area contributed by atoms with E-state index in [9.17, 15) is 0 Å². The molecule has 1 atom stereocenters. The molecule has 0 aliphatic heterocycles. The first-order valence-corrected chi connectivity index (χ1v) is 6.53. The second-order valence-electron chi connectivity index (χ2n) is 3.94. The summed E-state index contributed by atoms with van der Waals surface area (Å²) in [6.07, 6.45) is 2.88. The van der Waals surface area contributed by atoms with Crippen LogP contribution in [0.5, 0.6) is 0 Å². The third-order valence-electron chi connectivity index (χ3n) is 2.62. The van der Waals surface area contributed by atoms with Crippen molar-refractivity contribution in [2.75, 3.05) is 6.54 Å². The van der Waals surface area contributed by atoms with Gasteiger partial charge in [-0.05, 0) is 48.3 Å². The maximum absolute atomic E-state index is 5.37. The molecule has 0 amide bonds. The molecule has 1 unspecified atom stereocenters. The lowest BCUT2D eigenvalue weighted by Crippen LogP contribution is -2.22. The van der Waals surface area contributed by atoms with Gasteiger partial charge in [0.25, 0.3) is 0 Å². The van der Waals surface area contributed by atoms with Gasteiger partial charge in [-0.1, -0.05) is 6.92 Å². The molecule has 0 aliphatic rings. The molecule has 0 spiro atoms. The Morgan fingerprint density at radius 3 is 2.94 bits per heavy atom. The molecule has 2 heterocycles. The fourth-order valence-electron chi connectivity index (χ4n) is 1.85. The molecule has 3 heteroatoms. The van der Waals surface area contributed by atoms with Gasteiger partial charge in [0.1, 0.15) is 5.76 Å². The Labute approximate surface area is 100 Å². The molecule has 1 N–H and O–H groups in total. The minimum atomic E-state index is 0.358. The zero-order valence-corrected chi connectivity index (χ0v) is 10.5.